The molecule has 1 heterocycles. The number of aliphatic imine (C=N–C) groups is 1. The molecule has 1 aromatic rings. The Morgan fingerprint density at radius 2 is 1.96 bits per heavy atom. The topological polar surface area (TPSA) is 36.9 Å². The number of nitrogens with zero attached hydrogens (tertiary/aromatic N) is 2. The lowest BCUT2D eigenvalue weighted by atomic mass is 9.99. The molecule has 24 heavy (non-hydrogen) atoms. The molecular weight excluding hydrogens is 501 g/mol. The number of rotatable bonds is 5. The second-order valence-corrected chi connectivity index (χ2v) is 8.07. The van der Waals surface area contributed by atoms with Gasteiger partial charge >= 0.3 is 0 Å². The number of nitrogens with one attached hydrogen (secondary N) is 1. The van der Waals surface area contributed by atoms with E-state index in [2.05, 4.69) is 68.7 Å². The number of halogens is 2. The molecule has 0 aromatic heterocycles. The molecular formula is C17H27BrIN3OS. The van der Waals surface area contributed by atoms with Crippen molar-refractivity contribution in [3.05, 3.63) is 34.3 Å². The Morgan fingerprint density at radius 3 is 2.50 bits per heavy atom. The van der Waals surface area contributed by atoms with Crippen LogP contribution in [0.3, 0.4) is 0 Å². The maximum atomic E-state index is 5.51. The van der Waals surface area contributed by atoms with Gasteiger partial charge in [-0.3, -0.25) is 4.99 Å². The quantitative estimate of drug-likeness (QED) is 0.357. The van der Waals surface area contributed by atoms with Crippen LogP contribution in [-0.2, 0) is 11.3 Å². The van der Waals surface area contributed by atoms with E-state index in [1.54, 1.807) is 0 Å². The highest BCUT2D eigenvalue weighted by atomic mass is 127. The molecule has 1 aromatic carbocycles. The van der Waals surface area contributed by atoms with Crippen LogP contribution in [0.1, 0.15) is 18.4 Å². The molecule has 2 rings (SSSR count). The SMILES string of the molecule is CN=C(NCC1(SC)CCOCC1)N(C)Cc1ccc(Br)cc1.I. The lowest BCUT2D eigenvalue weighted by Crippen LogP contribution is -2.48. The van der Waals surface area contributed by atoms with E-state index < -0.39 is 0 Å². The van der Waals surface area contributed by atoms with Crippen LogP contribution in [0, 0.1) is 0 Å². The molecule has 1 aliphatic rings. The minimum Gasteiger partial charge on any atom is -0.381 e. The molecule has 0 aliphatic carbocycles. The molecule has 0 bridgehead atoms. The first-order chi connectivity index (χ1) is 11.1. The van der Waals surface area contributed by atoms with Crippen molar-refractivity contribution in [1.82, 2.24) is 10.2 Å². The van der Waals surface area contributed by atoms with Gasteiger partial charge in [0, 0.05) is 49.6 Å². The van der Waals surface area contributed by atoms with Gasteiger partial charge in [0.05, 0.1) is 0 Å². The molecule has 1 N–H and O–H groups in total. The number of hydrogen-bond acceptors (Lipinski definition) is 3. The summed E-state index contributed by atoms with van der Waals surface area (Å²) in [5, 5.41) is 3.55. The van der Waals surface area contributed by atoms with Gasteiger partial charge in [0.15, 0.2) is 5.96 Å². The summed E-state index contributed by atoms with van der Waals surface area (Å²) >= 11 is 5.42. The third-order valence-electron chi connectivity index (χ3n) is 4.31. The molecule has 136 valence electrons. The Balaban J connectivity index is 0.00000288. The highest BCUT2D eigenvalue weighted by molar-refractivity contribution is 14.0. The van der Waals surface area contributed by atoms with Gasteiger partial charge in [-0.05, 0) is 36.8 Å². The van der Waals surface area contributed by atoms with Crippen LogP contribution in [-0.4, -0.2) is 55.7 Å². The summed E-state index contributed by atoms with van der Waals surface area (Å²) in [6.45, 7) is 3.48. The fraction of sp³-hybridized carbons (Fsp3) is 0.588. The molecule has 0 amide bonds. The Hall–Kier alpha value is 0.01000. The van der Waals surface area contributed by atoms with Gasteiger partial charge < -0.3 is 15.0 Å². The lowest BCUT2D eigenvalue weighted by Gasteiger charge is -2.37. The predicted molar refractivity (Wildman–Crippen MR) is 119 cm³/mol. The summed E-state index contributed by atoms with van der Waals surface area (Å²) in [7, 11) is 3.92. The average molecular weight is 528 g/mol. The van der Waals surface area contributed by atoms with E-state index in [1.807, 2.05) is 18.8 Å². The van der Waals surface area contributed by atoms with Crippen LogP contribution in [0.5, 0.6) is 0 Å². The number of guanidine groups is 1. The standard InChI is InChI=1S/C17H26BrN3OS.HI/c1-19-16(20-13-17(23-3)8-10-22-11-9-17)21(2)12-14-4-6-15(18)7-5-14;/h4-7H,8-13H2,1-3H3,(H,19,20);1H. The predicted octanol–water partition coefficient (Wildman–Crippen LogP) is 3.99. The average Bonchev–Trinajstić information content (AvgIpc) is 2.58. The second kappa shape index (κ2) is 10.9. The van der Waals surface area contributed by atoms with Gasteiger partial charge in [-0.25, -0.2) is 0 Å². The molecule has 4 nitrogen and oxygen atoms in total. The zero-order valence-corrected chi connectivity index (χ0v) is 19.3. The smallest absolute Gasteiger partial charge is 0.193 e. The Kier molecular flexibility index (Phi) is 10.00. The van der Waals surface area contributed by atoms with E-state index in [-0.39, 0.29) is 28.7 Å². The van der Waals surface area contributed by atoms with Crippen LogP contribution >= 0.6 is 51.7 Å². The third kappa shape index (κ3) is 6.38. The summed E-state index contributed by atoms with van der Waals surface area (Å²) in [5.41, 5.74) is 1.27. The summed E-state index contributed by atoms with van der Waals surface area (Å²) in [6.07, 6.45) is 4.38. The molecule has 7 heteroatoms. The van der Waals surface area contributed by atoms with Gasteiger partial charge in [-0.2, -0.15) is 11.8 Å². The third-order valence-corrected chi connectivity index (χ3v) is 6.26. The van der Waals surface area contributed by atoms with Crippen molar-refractivity contribution in [2.24, 2.45) is 4.99 Å². The number of benzene rings is 1. The van der Waals surface area contributed by atoms with Crippen LogP contribution in [0.2, 0.25) is 0 Å². The molecule has 0 atom stereocenters. The lowest BCUT2D eigenvalue weighted by molar-refractivity contribution is 0.0781. The van der Waals surface area contributed by atoms with Crippen molar-refractivity contribution in [1.29, 1.82) is 0 Å². The number of hydrogen-bond donors (Lipinski definition) is 1. The molecule has 0 saturated carbocycles. The minimum atomic E-state index is 0. The molecule has 1 saturated heterocycles. The van der Waals surface area contributed by atoms with Gasteiger partial charge in [-0.1, -0.05) is 28.1 Å². The van der Waals surface area contributed by atoms with Gasteiger partial charge in [0.25, 0.3) is 0 Å². The largest absolute Gasteiger partial charge is 0.381 e. The molecule has 0 unspecified atom stereocenters. The first-order valence-corrected chi connectivity index (χ1v) is 9.89. The Labute approximate surface area is 175 Å². The molecule has 0 radical (unpaired) electrons. The van der Waals surface area contributed by atoms with Crippen molar-refractivity contribution in [2.75, 3.05) is 40.1 Å². The highest BCUT2D eigenvalue weighted by Crippen LogP contribution is 2.33. The summed E-state index contributed by atoms with van der Waals surface area (Å²) in [4.78, 5) is 6.60. The molecule has 1 aliphatic heterocycles. The van der Waals surface area contributed by atoms with Crippen molar-refractivity contribution in [3.8, 4) is 0 Å². The van der Waals surface area contributed by atoms with Crippen LogP contribution in [0.15, 0.2) is 33.7 Å². The summed E-state index contributed by atoms with van der Waals surface area (Å²) < 4.78 is 6.87. The van der Waals surface area contributed by atoms with Crippen molar-refractivity contribution >= 4 is 57.6 Å². The highest BCUT2D eigenvalue weighted by Gasteiger charge is 2.32. The first kappa shape index (κ1) is 22.1. The van der Waals surface area contributed by atoms with Crippen LogP contribution < -0.4 is 5.32 Å². The number of thioether (sulfide) groups is 1. The Morgan fingerprint density at radius 1 is 1.33 bits per heavy atom. The fourth-order valence-electron chi connectivity index (χ4n) is 2.76. The van der Waals surface area contributed by atoms with E-state index >= 15 is 0 Å². The van der Waals surface area contributed by atoms with Crippen LogP contribution in [0.25, 0.3) is 0 Å². The van der Waals surface area contributed by atoms with E-state index in [0.29, 0.717) is 0 Å². The summed E-state index contributed by atoms with van der Waals surface area (Å²) in [6, 6.07) is 8.42. The monoisotopic (exact) mass is 527 g/mol. The van der Waals surface area contributed by atoms with E-state index in [4.69, 9.17) is 4.74 Å². The normalized spacial score (nSPS) is 17.1. The zero-order valence-electron chi connectivity index (χ0n) is 14.5. The Bertz CT molecular complexity index is 521. The maximum Gasteiger partial charge on any atom is 0.193 e. The first-order valence-electron chi connectivity index (χ1n) is 7.88. The van der Waals surface area contributed by atoms with Crippen LogP contribution in [0.4, 0.5) is 0 Å². The summed E-state index contributed by atoms with van der Waals surface area (Å²) in [5.74, 6) is 0.938. The maximum absolute atomic E-state index is 5.51. The fourth-order valence-corrected chi connectivity index (χ4v) is 3.82. The second-order valence-electron chi connectivity index (χ2n) is 5.88. The molecule has 0 spiro atoms. The number of ether oxygens (including phenoxy) is 1. The minimum absolute atomic E-state index is 0. The zero-order chi connectivity index (χ0) is 16.7. The van der Waals surface area contributed by atoms with E-state index in [9.17, 15) is 0 Å². The van der Waals surface area contributed by atoms with E-state index in [0.717, 1.165) is 49.6 Å². The van der Waals surface area contributed by atoms with Gasteiger partial charge in [-0.15, -0.1) is 24.0 Å². The van der Waals surface area contributed by atoms with Crippen molar-refractivity contribution < 1.29 is 4.74 Å². The van der Waals surface area contributed by atoms with Crippen molar-refractivity contribution in [2.45, 2.75) is 24.1 Å². The van der Waals surface area contributed by atoms with E-state index in [1.165, 1.54) is 5.56 Å². The van der Waals surface area contributed by atoms with Gasteiger partial charge in [0.1, 0.15) is 0 Å². The molecule has 1 fully saturated rings. The van der Waals surface area contributed by atoms with Crippen molar-refractivity contribution in [3.63, 3.8) is 0 Å². The van der Waals surface area contributed by atoms with Gasteiger partial charge in [0.2, 0.25) is 0 Å².